The standard InChI is InChI=1S/C13H21N3O4S/c1-10(4-7-17)15-13(18)12-8-11(9-14-12)21(19,20)16-5-2-3-6-16/h8-10,14,17H,2-7H2,1H3,(H,15,18). The summed E-state index contributed by atoms with van der Waals surface area (Å²) in [4.78, 5) is 14.8. The molecule has 7 nitrogen and oxygen atoms in total. The smallest absolute Gasteiger partial charge is 0.267 e. The number of aliphatic hydroxyl groups is 1. The van der Waals surface area contributed by atoms with Crippen molar-refractivity contribution in [3.8, 4) is 0 Å². The molecule has 1 aromatic heterocycles. The molecule has 118 valence electrons. The van der Waals surface area contributed by atoms with Gasteiger partial charge in [0.2, 0.25) is 10.0 Å². The molecule has 0 radical (unpaired) electrons. The van der Waals surface area contributed by atoms with Gasteiger partial charge in [-0.1, -0.05) is 0 Å². The summed E-state index contributed by atoms with van der Waals surface area (Å²) in [5, 5.41) is 11.5. The maximum absolute atomic E-state index is 12.3. The van der Waals surface area contributed by atoms with Crippen LogP contribution >= 0.6 is 0 Å². The Kier molecular flexibility index (Phi) is 5.02. The van der Waals surface area contributed by atoms with E-state index in [-0.39, 0.29) is 29.1 Å². The second-order valence-electron chi connectivity index (χ2n) is 5.25. The van der Waals surface area contributed by atoms with Crippen molar-refractivity contribution in [2.45, 2.75) is 37.1 Å². The second kappa shape index (κ2) is 6.59. The van der Waals surface area contributed by atoms with E-state index in [1.165, 1.54) is 16.6 Å². The number of amides is 1. The van der Waals surface area contributed by atoms with Crippen molar-refractivity contribution in [2.24, 2.45) is 0 Å². The topological polar surface area (TPSA) is 102 Å². The Morgan fingerprint density at radius 1 is 1.48 bits per heavy atom. The first-order valence-electron chi connectivity index (χ1n) is 7.05. The van der Waals surface area contributed by atoms with Crippen LogP contribution in [0.1, 0.15) is 36.7 Å². The molecule has 1 aliphatic rings. The highest BCUT2D eigenvalue weighted by Crippen LogP contribution is 2.21. The van der Waals surface area contributed by atoms with Crippen LogP contribution in [-0.4, -0.2) is 54.5 Å². The van der Waals surface area contributed by atoms with Crippen LogP contribution in [0, 0.1) is 0 Å². The zero-order chi connectivity index (χ0) is 15.5. The summed E-state index contributed by atoms with van der Waals surface area (Å²) in [6.45, 7) is 2.82. The Labute approximate surface area is 124 Å². The molecule has 0 aliphatic carbocycles. The van der Waals surface area contributed by atoms with Gasteiger partial charge < -0.3 is 15.4 Å². The van der Waals surface area contributed by atoms with Crippen molar-refractivity contribution < 1.29 is 18.3 Å². The van der Waals surface area contributed by atoms with Crippen molar-refractivity contribution in [3.63, 3.8) is 0 Å². The fraction of sp³-hybridized carbons (Fsp3) is 0.615. The highest BCUT2D eigenvalue weighted by molar-refractivity contribution is 7.89. The van der Waals surface area contributed by atoms with Gasteiger partial charge in [0.15, 0.2) is 0 Å². The summed E-state index contributed by atoms with van der Waals surface area (Å²) in [6.07, 6.45) is 3.54. The van der Waals surface area contributed by atoms with Crippen LogP contribution in [0.5, 0.6) is 0 Å². The Morgan fingerprint density at radius 3 is 2.76 bits per heavy atom. The molecule has 3 N–H and O–H groups in total. The van der Waals surface area contributed by atoms with Crippen LogP contribution in [0.15, 0.2) is 17.2 Å². The van der Waals surface area contributed by atoms with Crippen molar-refractivity contribution >= 4 is 15.9 Å². The highest BCUT2D eigenvalue weighted by atomic mass is 32.2. The molecule has 2 rings (SSSR count). The number of carbonyl (C=O) groups excluding carboxylic acids is 1. The predicted octanol–water partition coefficient (Wildman–Crippen LogP) is 0.300. The number of aromatic nitrogens is 1. The Morgan fingerprint density at radius 2 is 2.14 bits per heavy atom. The average molecular weight is 315 g/mol. The van der Waals surface area contributed by atoms with Crippen LogP contribution in [0.4, 0.5) is 0 Å². The number of hydrogen-bond donors (Lipinski definition) is 3. The first-order chi connectivity index (χ1) is 9.95. The number of aromatic amines is 1. The van der Waals surface area contributed by atoms with Gasteiger partial charge in [-0.15, -0.1) is 0 Å². The lowest BCUT2D eigenvalue weighted by Gasteiger charge is -2.13. The lowest BCUT2D eigenvalue weighted by Crippen LogP contribution is -2.33. The first kappa shape index (κ1) is 16.0. The number of H-pyrrole nitrogens is 1. The normalized spacial score (nSPS) is 17.8. The molecule has 0 aromatic carbocycles. The third kappa shape index (κ3) is 3.63. The molecular weight excluding hydrogens is 294 g/mol. The van der Waals surface area contributed by atoms with Crippen molar-refractivity contribution in [3.05, 3.63) is 18.0 Å². The molecule has 1 saturated heterocycles. The van der Waals surface area contributed by atoms with Crippen LogP contribution in [0.2, 0.25) is 0 Å². The number of aliphatic hydroxyl groups excluding tert-OH is 1. The van der Waals surface area contributed by atoms with Crippen molar-refractivity contribution in [1.29, 1.82) is 0 Å². The Bertz CT molecular complexity index is 590. The Hall–Kier alpha value is -1.38. The number of nitrogens with one attached hydrogen (secondary N) is 2. The van der Waals surface area contributed by atoms with E-state index < -0.39 is 10.0 Å². The molecule has 0 saturated carbocycles. The van der Waals surface area contributed by atoms with E-state index in [1.54, 1.807) is 6.92 Å². The third-order valence-corrected chi connectivity index (χ3v) is 5.42. The fourth-order valence-corrected chi connectivity index (χ4v) is 3.81. The fourth-order valence-electron chi connectivity index (χ4n) is 2.30. The molecule has 0 spiro atoms. The largest absolute Gasteiger partial charge is 0.396 e. The van der Waals surface area contributed by atoms with Gasteiger partial charge in [0.05, 0.1) is 0 Å². The monoisotopic (exact) mass is 315 g/mol. The molecule has 8 heteroatoms. The second-order valence-corrected chi connectivity index (χ2v) is 7.18. The minimum atomic E-state index is -3.51. The van der Waals surface area contributed by atoms with Crippen molar-refractivity contribution in [2.75, 3.05) is 19.7 Å². The molecule has 1 aliphatic heterocycles. The van der Waals surface area contributed by atoms with Crippen LogP contribution < -0.4 is 5.32 Å². The van der Waals surface area contributed by atoms with Gasteiger partial charge in [-0.3, -0.25) is 4.79 Å². The molecule has 1 atom stereocenters. The van der Waals surface area contributed by atoms with E-state index in [9.17, 15) is 13.2 Å². The molecule has 1 unspecified atom stereocenters. The zero-order valence-corrected chi connectivity index (χ0v) is 12.8. The van der Waals surface area contributed by atoms with Gasteiger partial charge >= 0.3 is 0 Å². The minimum Gasteiger partial charge on any atom is -0.396 e. The Balaban J connectivity index is 2.09. The molecule has 2 heterocycles. The maximum Gasteiger partial charge on any atom is 0.267 e. The third-order valence-electron chi connectivity index (χ3n) is 3.54. The predicted molar refractivity (Wildman–Crippen MR) is 77.4 cm³/mol. The number of hydrogen-bond acceptors (Lipinski definition) is 4. The lowest BCUT2D eigenvalue weighted by molar-refractivity contribution is 0.0930. The van der Waals surface area contributed by atoms with E-state index in [4.69, 9.17) is 5.11 Å². The van der Waals surface area contributed by atoms with E-state index in [0.29, 0.717) is 19.5 Å². The molecule has 1 fully saturated rings. The van der Waals surface area contributed by atoms with Gasteiger partial charge in [0.1, 0.15) is 10.6 Å². The van der Waals surface area contributed by atoms with Crippen LogP contribution in [0.3, 0.4) is 0 Å². The number of carbonyl (C=O) groups is 1. The lowest BCUT2D eigenvalue weighted by atomic mass is 10.2. The molecular formula is C13H21N3O4S. The summed E-state index contributed by atoms with van der Waals surface area (Å²) in [6, 6.07) is 1.18. The zero-order valence-electron chi connectivity index (χ0n) is 12.0. The minimum absolute atomic E-state index is 0.0131. The molecule has 1 amide bonds. The van der Waals surface area contributed by atoms with Gasteiger partial charge in [-0.25, -0.2) is 8.42 Å². The summed E-state index contributed by atoms with van der Waals surface area (Å²) in [5.41, 5.74) is 0.206. The quantitative estimate of drug-likeness (QED) is 0.702. The summed E-state index contributed by atoms with van der Waals surface area (Å²) in [7, 11) is -3.51. The van der Waals surface area contributed by atoms with E-state index in [1.807, 2.05) is 0 Å². The van der Waals surface area contributed by atoms with Crippen LogP contribution in [0.25, 0.3) is 0 Å². The maximum atomic E-state index is 12.3. The highest BCUT2D eigenvalue weighted by Gasteiger charge is 2.28. The molecule has 1 aromatic rings. The first-order valence-corrected chi connectivity index (χ1v) is 8.49. The van der Waals surface area contributed by atoms with Gasteiger partial charge in [0.25, 0.3) is 5.91 Å². The van der Waals surface area contributed by atoms with E-state index >= 15 is 0 Å². The van der Waals surface area contributed by atoms with Crippen LogP contribution in [-0.2, 0) is 10.0 Å². The number of nitrogens with zero attached hydrogens (tertiary/aromatic N) is 1. The average Bonchev–Trinajstić information content (AvgIpc) is 3.11. The number of sulfonamides is 1. The number of rotatable bonds is 6. The van der Waals surface area contributed by atoms with Gasteiger partial charge in [0, 0.05) is 31.9 Å². The van der Waals surface area contributed by atoms with E-state index in [0.717, 1.165) is 12.8 Å². The summed E-state index contributed by atoms with van der Waals surface area (Å²) < 4.78 is 26.1. The summed E-state index contributed by atoms with van der Waals surface area (Å²) >= 11 is 0. The van der Waals surface area contributed by atoms with E-state index in [2.05, 4.69) is 10.3 Å². The molecule has 21 heavy (non-hydrogen) atoms. The van der Waals surface area contributed by atoms with Gasteiger partial charge in [-0.2, -0.15) is 4.31 Å². The molecule has 0 bridgehead atoms. The van der Waals surface area contributed by atoms with Gasteiger partial charge in [-0.05, 0) is 32.3 Å². The summed E-state index contributed by atoms with van der Waals surface area (Å²) in [5.74, 6) is -0.376. The van der Waals surface area contributed by atoms with Crippen molar-refractivity contribution in [1.82, 2.24) is 14.6 Å². The SMILES string of the molecule is CC(CCO)NC(=O)c1cc(S(=O)(=O)N2CCCC2)c[nH]1.